The lowest BCUT2D eigenvalue weighted by Crippen LogP contribution is -2.32. The fourth-order valence-electron chi connectivity index (χ4n) is 3.59. The molecule has 4 rings (SSSR count). The first kappa shape index (κ1) is 24.7. The summed E-state index contributed by atoms with van der Waals surface area (Å²) in [5.74, 6) is -3.50. The number of alkyl halides is 3. The normalized spacial score (nSPS) is 14.4. The molecule has 1 aliphatic heterocycles. The van der Waals surface area contributed by atoms with E-state index >= 15 is 4.39 Å². The van der Waals surface area contributed by atoms with E-state index in [0.717, 1.165) is 29.7 Å². The van der Waals surface area contributed by atoms with E-state index in [9.17, 15) is 27.2 Å². The molecule has 0 unspecified atom stereocenters. The van der Waals surface area contributed by atoms with Gasteiger partial charge in [-0.3, -0.25) is 9.36 Å². The van der Waals surface area contributed by atoms with Crippen LogP contribution in [0, 0.1) is 11.6 Å². The predicted molar refractivity (Wildman–Crippen MR) is 116 cm³/mol. The van der Waals surface area contributed by atoms with Gasteiger partial charge in [-0.1, -0.05) is 17.7 Å². The molecule has 1 amide bonds. The number of para-hydroxylation sites is 1. The highest BCUT2D eigenvalue weighted by molar-refractivity contribution is 6.34. The minimum absolute atomic E-state index is 0.184. The summed E-state index contributed by atoms with van der Waals surface area (Å²) < 4.78 is 75.9. The molecule has 0 saturated heterocycles. The fourth-order valence-corrected chi connectivity index (χ4v) is 3.80. The first-order valence-corrected chi connectivity index (χ1v) is 10.9. The molecule has 0 radical (unpaired) electrons. The van der Waals surface area contributed by atoms with E-state index in [0.29, 0.717) is 31.8 Å². The van der Waals surface area contributed by atoms with Crippen molar-refractivity contribution >= 4 is 23.2 Å². The Hall–Kier alpha value is -3.41. The minimum atomic E-state index is -4.82. The van der Waals surface area contributed by atoms with Gasteiger partial charge in [-0.15, -0.1) is 5.10 Å². The zero-order chi connectivity index (χ0) is 25.5. The second-order valence-corrected chi connectivity index (χ2v) is 8.28. The van der Waals surface area contributed by atoms with Gasteiger partial charge in [0.15, 0.2) is 6.10 Å². The zero-order valence-electron chi connectivity index (χ0n) is 18.1. The Kier molecular flexibility index (Phi) is 6.58. The smallest absolute Gasteiger partial charge is 0.425 e. The van der Waals surface area contributed by atoms with Crippen LogP contribution in [0.25, 0.3) is 5.69 Å². The molecule has 0 spiro atoms. The predicted octanol–water partition coefficient (Wildman–Crippen LogP) is 4.88. The number of aromatic nitrogens is 3. The third-order valence-electron chi connectivity index (χ3n) is 5.46. The Balaban J connectivity index is 1.81. The van der Waals surface area contributed by atoms with Crippen molar-refractivity contribution in [3.8, 4) is 11.4 Å². The van der Waals surface area contributed by atoms with Crippen LogP contribution < -0.4 is 15.7 Å². The molecule has 1 atom stereocenters. The second kappa shape index (κ2) is 9.33. The molecule has 1 aliphatic rings. The van der Waals surface area contributed by atoms with E-state index in [2.05, 4.69) is 10.4 Å². The summed E-state index contributed by atoms with van der Waals surface area (Å²) in [6.45, 7) is 1.06. The van der Waals surface area contributed by atoms with Crippen LogP contribution in [0.15, 0.2) is 35.1 Å². The molecule has 13 heteroatoms. The van der Waals surface area contributed by atoms with E-state index in [1.54, 1.807) is 0 Å². The van der Waals surface area contributed by atoms with Crippen LogP contribution in [-0.2, 0) is 13.0 Å². The Labute approximate surface area is 200 Å². The van der Waals surface area contributed by atoms with Crippen molar-refractivity contribution in [2.75, 3.05) is 5.32 Å². The summed E-state index contributed by atoms with van der Waals surface area (Å²) in [5, 5.41) is 6.04. The van der Waals surface area contributed by atoms with Crippen molar-refractivity contribution in [1.82, 2.24) is 14.3 Å². The molecule has 0 bridgehead atoms. The first-order valence-electron chi connectivity index (χ1n) is 10.5. The van der Waals surface area contributed by atoms with Gasteiger partial charge < -0.3 is 10.1 Å². The van der Waals surface area contributed by atoms with Crippen LogP contribution in [-0.4, -0.2) is 32.5 Å². The average molecular weight is 517 g/mol. The summed E-state index contributed by atoms with van der Waals surface area (Å²) in [6.07, 6.45) is -5.25. The number of carbonyl (C=O) groups is 1. The summed E-state index contributed by atoms with van der Waals surface area (Å²) in [6, 6.07) is 4.95. The number of fused-ring (bicyclic) bond motifs is 1. The summed E-state index contributed by atoms with van der Waals surface area (Å²) in [7, 11) is 0. The first-order chi connectivity index (χ1) is 16.5. The van der Waals surface area contributed by atoms with Gasteiger partial charge in [-0.05, 0) is 38.0 Å². The van der Waals surface area contributed by atoms with Crippen molar-refractivity contribution < 1.29 is 31.5 Å². The number of hydrogen-bond acceptors (Lipinski definition) is 4. The van der Waals surface area contributed by atoms with Gasteiger partial charge in [0.2, 0.25) is 0 Å². The molecule has 186 valence electrons. The molecule has 2 aromatic carbocycles. The SMILES string of the molecule is C[C@H](Oc1cc(-n2nc3n(c2=O)CCCC3)c(F)cc1C(=O)Nc1c(F)cccc1Cl)C(F)(F)F. The van der Waals surface area contributed by atoms with Crippen LogP contribution in [0.5, 0.6) is 5.75 Å². The van der Waals surface area contributed by atoms with Crippen LogP contribution in [0.2, 0.25) is 5.02 Å². The van der Waals surface area contributed by atoms with Crippen LogP contribution >= 0.6 is 11.6 Å². The van der Waals surface area contributed by atoms with Crippen molar-refractivity contribution in [3.63, 3.8) is 0 Å². The van der Waals surface area contributed by atoms with Crippen molar-refractivity contribution in [1.29, 1.82) is 0 Å². The molecule has 1 N–H and O–H groups in total. The highest BCUT2D eigenvalue weighted by atomic mass is 35.5. The number of nitrogens with zero attached hydrogens (tertiary/aromatic N) is 3. The van der Waals surface area contributed by atoms with Gasteiger partial charge >= 0.3 is 11.9 Å². The Morgan fingerprint density at radius 3 is 2.60 bits per heavy atom. The van der Waals surface area contributed by atoms with E-state index in [-0.39, 0.29) is 5.02 Å². The number of nitrogens with one attached hydrogen (secondary N) is 1. The number of ether oxygens (including phenoxy) is 1. The van der Waals surface area contributed by atoms with E-state index in [1.165, 1.54) is 16.7 Å². The van der Waals surface area contributed by atoms with Crippen molar-refractivity contribution in [2.24, 2.45) is 0 Å². The quantitative estimate of drug-likeness (QED) is 0.490. The molecule has 0 saturated carbocycles. The Morgan fingerprint density at radius 1 is 1.20 bits per heavy atom. The number of carbonyl (C=O) groups excluding carboxylic acids is 1. The largest absolute Gasteiger partial charge is 0.480 e. The monoisotopic (exact) mass is 516 g/mol. The van der Waals surface area contributed by atoms with E-state index in [4.69, 9.17) is 16.3 Å². The lowest BCUT2D eigenvalue weighted by atomic mass is 10.1. The molecule has 7 nitrogen and oxygen atoms in total. The van der Waals surface area contributed by atoms with E-state index in [1.807, 2.05) is 0 Å². The number of amides is 1. The molecular formula is C22H18ClF5N4O3. The van der Waals surface area contributed by atoms with Crippen LogP contribution in [0.4, 0.5) is 27.6 Å². The standard InChI is InChI=1S/C22H18ClF5N4O3/c1-11(22(26,27)28)35-17-10-16(32-21(34)31-8-3-2-7-18(31)30-32)15(25)9-12(17)20(33)29-19-13(23)5-4-6-14(19)24/h4-6,9-11H,2-3,7-8H2,1H3,(H,29,33)/t11-/m0/s1. The molecule has 1 aromatic heterocycles. The zero-order valence-corrected chi connectivity index (χ0v) is 18.9. The third kappa shape index (κ3) is 4.88. The number of rotatable bonds is 5. The molecule has 0 aliphatic carbocycles. The Bertz CT molecular complexity index is 1330. The molecule has 0 fully saturated rings. The van der Waals surface area contributed by atoms with Gasteiger partial charge in [0, 0.05) is 19.0 Å². The average Bonchev–Trinajstić information content (AvgIpc) is 3.13. The number of aryl methyl sites for hydroxylation is 1. The number of benzene rings is 2. The number of anilines is 1. The van der Waals surface area contributed by atoms with Gasteiger partial charge in [0.1, 0.15) is 28.9 Å². The topological polar surface area (TPSA) is 78.2 Å². The summed E-state index contributed by atoms with van der Waals surface area (Å²) in [4.78, 5) is 25.6. The van der Waals surface area contributed by atoms with Gasteiger partial charge in [0.05, 0.1) is 16.3 Å². The maximum Gasteiger partial charge on any atom is 0.425 e. The lowest BCUT2D eigenvalue weighted by Gasteiger charge is -2.20. The fraction of sp³-hybridized carbons (Fsp3) is 0.318. The maximum atomic E-state index is 15.1. The van der Waals surface area contributed by atoms with Gasteiger partial charge in [-0.25, -0.2) is 13.6 Å². The molecule has 2 heterocycles. The minimum Gasteiger partial charge on any atom is -0.480 e. The third-order valence-corrected chi connectivity index (χ3v) is 5.77. The summed E-state index contributed by atoms with van der Waals surface area (Å²) in [5.41, 5.74) is -2.29. The highest BCUT2D eigenvalue weighted by Crippen LogP contribution is 2.32. The van der Waals surface area contributed by atoms with Gasteiger partial charge in [0.25, 0.3) is 5.91 Å². The molecular weight excluding hydrogens is 499 g/mol. The van der Waals surface area contributed by atoms with Crippen molar-refractivity contribution in [2.45, 2.75) is 45.0 Å². The highest BCUT2D eigenvalue weighted by Gasteiger charge is 2.39. The number of halogens is 6. The summed E-state index contributed by atoms with van der Waals surface area (Å²) >= 11 is 5.89. The van der Waals surface area contributed by atoms with Gasteiger partial charge in [-0.2, -0.15) is 17.9 Å². The van der Waals surface area contributed by atoms with Crippen LogP contribution in [0.1, 0.15) is 35.9 Å². The second-order valence-electron chi connectivity index (χ2n) is 7.87. The maximum absolute atomic E-state index is 15.1. The van der Waals surface area contributed by atoms with E-state index < -0.39 is 58.2 Å². The molecule has 3 aromatic rings. The van der Waals surface area contributed by atoms with Crippen molar-refractivity contribution in [3.05, 3.63) is 68.9 Å². The molecule has 35 heavy (non-hydrogen) atoms. The lowest BCUT2D eigenvalue weighted by molar-refractivity contribution is -0.189. The van der Waals surface area contributed by atoms with Crippen LogP contribution in [0.3, 0.4) is 0 Å². The number of hydrogen-bond donors (Lipinski definition) is 1. The Morgan fingerprint density at radius 2 is 1.94 bits per heavy atom.